The number of carbonyl (C=O) groups is 2. The Balaban J connectivity index is 0.00000154. The SMILES string of the molecule is C=C.CCCCC(=O)N(CC)CC(=O)N1CCCC1. The van der Waals surface area contributed by atoms with E-state index >= 15 is 0 Å². The van der Waals surface area contributed by atoms with Gasteiger partial charge in [0.2, 0.25) is 11.8 Å². The van der Waals surface area contributed by atoms with Crippen LogP contribution in [-0.2, 0) is 9.59 Å². The van der Waals surface area contributed by atoms with Gasteiger partial charge in [0.1, 0.15) is 0 Å². The van der Waals surface area contributed by atoms with Gasteiger partial charge in [-0.2, -0.15) is 0 Å². The number of hydrogen-bond donors (Lipinski definition) is 0. The largest absolute Gasteiger partial charge is 0.341 e. The van der Waals surface area contributed by atoms with Crippen LogP contribution in [0.15, 0.2) is 13.2 Å². The Labute approximate surface area is 117 Å². The number of nitrogens with zero attached hydrogens (tertiary/aromatic N) is 2. The molecule has 4 heteroatoms. The fourth-order valence-corrected chi connectivity index (χ4v) is 2.09. The van der Waals surface area contributed by atoms with E-state index in [9.17, 15) is 9.59 Å². The fourth-order valence-electron chi connectivity index (χ4n) is 2.09. The molecule has 1 aliphatic heterocycles. The molecule has 1 saturated heterocycles. The van der Waals surface area contributed by atoms with Crippen molar-refractivity contribution in [3.63, 3.8) is 0 Å². The standard InChI is InChI=1S/C13H24N2O2.C2H4/c1-3-5-8-12(16)14(4-2)11-13(17)15-9-6-7-10-15;1-2/h3-11H2,1-2H3;1-2H2. The van der Waals surface area contributed by atoms with Gasteiger partial charge in [-0.1, -0.05) is 13.3 Å². The second-order valence-electron chi connectivity index (χ2n) is 4.60. The van der Waals surface area contributed by atoms with Crippen molar-refractivity contribution in [1.82, 2.24) is 9.80 Å². The molecule has 1 rings (SSSR count). The minimum absolute atomic E-state index is 0.106. The van der Waals surface area contributed by atoms with Crippen molar-refractivity contribution in [1.29, 1.82) is 0 Å². The first-order valence-electron chi connectivity index (χ1n) is 7.24. The maximum absolute atomic E-state index is 11.9. The number of amides is 2. The van der Waals surface area contributed by atoms with E-state index < -0.39 is 0 Å². The zero-order valence-corrected chi connectivity index (χ0v) is 12.5. The number of rotatable bonds is 6. The molecule has 0 aromatic rings. The monoisotopic (exact) mass is 268 g/mol. The first-order valence-corrected chi connectivity index (χ1v) is 7.24. The molecule has 19 heavy (non-hydrogen) atoms. The van der Waals surface area contributed by atoms with E-state index in [-0.39, 0.29) is 18.4 Å². The number of carbonyl (C=O) groups excluding carboxylic acids is 2. The van der Waals surface area contributed by atoms with E-state index in [1.165, 1.54) is 0 Å². The predicted molar refractivity (Wildman–Crippen MR) is 78.8 cm³/mol. The van der Waals surface area contributed by atoms with E-state index in [0.717, 1.165) is 38.8 Å². The molecule has 2 amide bonds. The molecule has 0 N–H and O–H groups in total. The molecule has 4 nitrogen and oxygen atoms in total. The van der Waals surface area contributed by atoms with Crippen LogP contribution in [-0.4, -0.2) is 47.8 Å². The van der Waals surface area contributed by atoms with Crippen LogP contribution < -0.4 is 0 Å². The van der Waals surface area contributed by atoms with Gasteiger partial charge in [0.15, 0.2) is 0 Å². The third-order valence-electron chi connectivity index (χ3n) is 3.26. The van der Waals surface area contributed by atoms with Crippen molar-refractivity contribution in [3.05, 3.63) is 13.2 Å². The quantitative estimate of drug-likeness (QED) is 0.694. The summed E-state index contributed by atoms with van der Waals surface area (Å²) in [6.07, 6.45) is 4.69. The average Bonchev–Trinajstić information content (AvgIpc) is 2.98. The van der Waals surface area contributed by atoms with E-state index in [1.54, 1.807) is 4.90 Å². The molecule has 0 saturated carbocycles. The molecular formula is C15H28N2O2. The molecule has 0 bridgehead atoms. The van der Waals surface area contributed by atoms with Gasteiger partial charge in [0, 0.05) is 26.1 Å². The first kappa shape index (κ1) is 17.7. The molecule has 0 aromatic heterocycles. The fraction of sp³-hybridized carbons (Fsp3) is 0.733. The minimum Gasteiger partial charge on any atom is -0.341 e. The lowest BCUT2D eigenvalue weighted by atomic mass is 10.2. The van der Waals surface area contributed by atoms with Crippen LogP contribution in [0, 0.1) is 0 Å². The molecule has 0 unspecified atom stereocenters. The number of likely N-dealkylation sites (tertiary alicyclic amines) is 1. The predicted octanol–water partition coefficient (Wildman–Crippen LogP) is 2.45. The molecule has 110 valence electrons. The van der Waals surface area contributed by atoms with Crippen LogP contribution in [0.4, 0.5) is 0 Å². The van der Waals surface area contributed by atoms with Gasteiger partial charge < -0.3 is 9.80 Å². The van der Waals surface area contributed by atoms with E-state index in [0.29, 0.717) is 13.0 Å². The van der Waals surface area contributed by atoms with E-state index in [2.05, 4.69) is 20.1 Å². The molecule has 0 aromatic carbocycles. The second-order valence-corrected chi connectivity index (χ2v) is 4.60. The van der Waals surface area contributed by atoms with Crippen molar-refractivity contribution >= 4 is 11.8 Å². The highest BCUT2D eigenvalue weighted by molar-refractivity contribution is 5.84. The highest BCUT2D eigenvalue weighted by Gasteiger charge is 2.21. The van der Waals surface area contributed by atoms with Crippen LogP contribution in [0.25, 0.3) is 0 Å². The van der Waals surface area contributed by atoms with Crippen molar-refractivity contribution in [2.24, 2.45) is 0 Å². The molecule has 1 aliphatic rings. The van der Waals surface area contributed by atoms with Crippen molar-refractivity contribution in [3.8, 4) is 0 Å². The van der Waals surface area contributed by atoms with Crippen LogP contribution in [0.5, 0.6) is 0 Å². The van der Waals surface area contributed by atoms with Gasteiger partial charge in [0.25, 0.3) is 0 Å². The van der Waals surface area contributed by atoms with Gasteiger partial charge >= 0.3 is 0 Å². The van der Waals surface area contributed by atoms with Crippen LogP contribution in [0.1, 0.15) is 46.0 Å². The number of hydrogen-bond acceptors (Lipinski definition) is 2. The summed E-state index contributed by atoms with van der Waals surface area (Å²) in [4.78, 5) is 27.3. The maximum Gasteiger partial charge on any atom is 0.242 e. The highest BCUT2D eigenvalue weighted by Crippen LogP contribution is 2.09. The Morgan fingerprint density at radius 2 is 1.74 bits per heavy atom. The summed E-state index contributed by atoms with van der Waals surface area (Å²) >= 11 is 0. The van der Waals surface area contributed by atoms with Gasteiger partial charge in [-0.05, 0) is 26.2 Å². The van der Waals surface area contributed by atoms with Crippen LogP contribution in [0.2, 0.25) is 0 Å². The first-order chi connectivity index (χ1) is 9.19. The van der Waals surface area contributed by atoms with Crippen LogP contribution >= 0.6 is 0 Å². The lowest BCUT2D eigenvalue weighted by Gasteiger charge is -2.23. The zero-order valence-electron chi connectivity index (χ0n) is 12.5. The zero-order chi connectivity index (χ0) is 14.7. The summed E-state index contributed by atoms with van der Waals surface area (Å²) in [7, 11) is 0. The Morgan fingerprint density at radius 1 is 1.16 bits per heavy atom. The summed E-state index contributed by atoms with van der Waals surface area (Å²) in [5, 5.41) is 0. The summed E-state index contributed by atoms with van der Waals surface area (Å²) in [5.41, 5.74) is 0. The van der Waals surface area contributed by atoms with Gasteiger partial charge in [-0.3, -0.25) is 9.59 Å². The molecule has 1 heterocycles. The highest BCUT2D eigenvalue weighted by atomic mass is 16.2. The summed E-state index contributed by atoms with van der Waals surface area (Å²) in [5.74, 6) is 0.219. The van der Waals surface area contributed by atoms with E-state index in [4.69, 9.17) is 0 Å². The third kappa shape index (κ3) is 6.41. The van der Waals surface area contributed by atoms with E-state index in [1.807, 2.05) is 11.8 Å². The normalized spacial score (nSPS) is 13.7. The average molecular weight is 268 g/mol. The summed E-state index contributed by atoms with van der Waals surface area (Å²) in [6.45, 7) is 12.6. The lowest BCUT2D eigenvalue weighted by Crippen LogP contribution is -2.41. The third-order valence-corrected chi connectivity index (χ3v) is 3.26. The smallest absolute Gasteiger partial charge is 0.242 e. The van der Waals surface area contributed by atoms with Gasteiger partial charge in [-0.15, -0.1) is 13.2 Å². The molecule has 0 radical (unpaired) electrons. The number of unbranched alkanes of at least 4 members (excludes halogenated alkanes) is 1. The molecule has 0 aliphatic carbocycles. The van der Waals surface area contributed by atoms with Crippen LogP contribution in [0.3, 0.4) is 0 Å². The Kier molecular flexibility index (Phi) is 9.85. The van der Waals surface area contributed by atoms with Crippen molar-refractivity contribution < 1.29 is 9.59 Å². The Hall–Kier alpha value is -1.32. The lowest BCUT2D eigenvalue weighted by molar-refractivity contribution is -0.139. The Morgan fingerprint density at radius 3 is 2.21 bits per heavy atom. The topological polar surface area (TPSA) is 40.6 Å². The molecule has 1 fully saturated rings. The van der Waals surface area contributed by atoms with Gasteiger partial charge in [-0.25, -0.2) is 0 Å². The maximum atomic E-state index is 11.9. The minimum atomic E-state index is 0.106. The van der Waals surface area contributed by atoms with Crippen molar-refractivity contribution in [2.75, 3.05) is 26.2 Å². The Bertz CT molecular complexity index is 273. The summed E-state index contributed by atoms with van der Waals surface area (Å²) in [6, 6.07) is 0. The molecule has 0 spiro atoms. The van der Waals surface area contributed by atoms with Gasteiger partial charge in [0.05, 0.1) is 6.54 Å². The molecular weight excluding hydrogens is 240 g/mol. The summed E-state index contributed by atoms with van der Waals surface area (Å²) < 4.78 is 0. The number of likely N-dealkylation sites (N-methyl/N-ethyl adjacent to an activating group) is 1. The molecule has 0 atom stereocenters. The van der Waals surface area contributed by atoms with Crippen molar-refractivity contribution in [2.45, 2.75) is 46.0 Å². The second kappa shape index (κ2) is 10.6.